The smallest absolute Gasteiger partial charge is 0.176 e. The van der Waals surface area contributed by atoms with Gasteiger partial charge in [-0.15, -0.1) is 11.8 Å². The highest BCUT2D eigenvalue weighted by molar-refractivity contribution is 7.98. The Morgan fingerprint density at radius 2 is 2.08 bits per heavy atom. The maximum atomic E-state index is 13.3. The Morgan fingerprint density at radius 1 is 1.38 bits per heavy atom. The maximum Gasteiger partial charge on any atom is 0.176 e. The summed E-state index contributed by atoms with van der Waals surface area (Å²) in [6.07, 6.45) is 4.14. The van der Waals surface area contributed by atoms with Crippen LogP contribution in [0.3, 0.4) is 0 Å². The van der Waals surface area contributed by atoms with Gasteiger partial charge in [-0.3, -0.25) is 0 Å². The van der Waals surface area contributed by atoms with Crippen LogP contribution in [-0.4, -0.2) is 16.2 Å². The third-order valence-electron chi connectivity index (χ3n) is 2.14. The highest BCUT2D eigenvalue weighted by Crippen LogP contribution is 2.38. The number of halogens is 1. The van der Waals surface area contributed by atoms with Crippen molar-refractivity contribution in [3.63, 3.8) is 0 Å². The molecule has 1 aromatic heterocycles. The third-order valence-corrected chi connectivity index (χ3v) is 2.80. The van der Waals surface area contributed by atoms with Gasteiger partial charge in [-0.1, -0.05) is 0 Å². The lowest BCUT2D eigenvalue weighted by Gasteiger charge is -2.04. The Labute approximate surface area is 81.0 Å². The van der Waals surface area contributed by atoms with Crippen LogP contribution in [0, 0.1) is 12.7 Å². The fourth-order valence-corrected chi connectivity index (χ4v) is 1.72. The van der Waals surface area contributed by atoms with Crippen LogP contribution in [-0.2, 0) is 0 Å². The van der Waals surface area contributed by atoms with Crippen molar-refractivity contribution in [3.8, 4) is 0 Å². The second-order valence-electron chi connectivity index (χ2n) is 3.26. The van der Waals surface area contributed by atoms with Crippen LogP contribution in [0.2, 0.25) is 0 Å². The largest absolute Gasteiger partial charge is 0.235 e. The third kappa shape index (κ3) is 1.68. The van der Waals surface area contributed by atoms with Crippen molar-refractivity contribution in [2.45, 2.75) is 30.7 Å². The minimum absolute atomic E-state index is 0.267. The molecule has 70 valence electrons. The lowest BCUT2D eigenvalue weighted by molar-refractivity contribution is 0.560. The number of thioether (sulfide) groups is 1. The molecule has 0 atom stereocenters. The van der Waals surface area contributed by atoms with E-state index in [4.69, 9.17) is 0 Å². The standard InChI is InChI=1S/C9H11FN2S/c1-5-7(10)9(13-2)12-8(11-5)6-3-4-6/h6H,3-4H2,1-2H3. The Kier molecular flexibility index (Phi) is 2.24. The number of rotatable bonds is 2. The van der Waals surface area contributed by atoms with Crippen LogP contribution in [0.4, 0.5) is 4.39 Å². The van der Waals surface area contributed by atoms with E-state index < -0.39 is 0 Å². The molecule has 1 saturated carbocycles. The SMILES string of the molecule is CSc1nc(C2CC2)nc(C)c1F. The van der Waals surface area contributed by atoms with E-state index >= 15 is 0 Å². The van der Waals surface area contributed by atoms with E-state index in [0.717, 1.165) is 18.7 Å². The molecule has 2 nitrogen and oxygen atoms in total. The number of hydrogen-bond donors (Lipinski definition) is 0. The molecule has 0 saturated heterocycles. The Morgan fingerprint density at radius 3 is 2.62 bits per heavy atom. The van der Waals surface area contributed by atoms with Crippen LogP contribution in [0.25, 0.3) is 0 Å². The molecule has 0 amide bonds. The van der Waals surface area contributed by atoms with Gasteiger partial charge in [0, 0.05) is 5.92 Å². The van der Waals surface area contributed by atoms with Gasteiger partial charge in [0.2, 0.25) is 0 Å². The number of hydrogen-bond acceptors (Lipinski definition) is 3. The van der Waals surface area contributed by atoms with Gasteiger partial charge in [0.25, 0.3) is 0 Å². The predicted octanol–water partition coefficient (Wildman–Crippen LogP) is 2.52. The fraction of sp³-hybridized carbons (Fsp3) is 0.556. The second-order valence-corrected chi connectivity index (χ2v) is 4.06. The number of aromatic nitrogens is 2. The van der Waals surface area contributed by atoms with Gasteiger partial charge in [-0.25, -0.2) is 14.4 Å². The van der Waals surface area contributed by atoms with E-state index in [9.17, 15) is 4.39 Å². The summed E-state index contributed by atoms with van der Waals surface area (Å²) >= 11 is 1.34. The normalized spacial score (nSPS) is 16.2. The molecular formula is C9H11FN2S. The zero-order valence-electron chi connectivity index (χ0n) is 7.67. The average molecular weight is 198 g/mol. The summed E-state index contributed by atoms with van der Waals surface area (Å²) in [4.78, 5) is 8.33. The van der Waals surface area contributed by atoms with E-state index in [2.05, 4.69) is 9.97 Å². The molecule has 1 aliphatic rings. The van der Waals surface area contributed by atoms with Crippen LogP contribution in [0.1, 0.15) is 30.3 Å². The molecule has 13 heavy (non-hydrogen) atoms. The van der Waals surface area contributed by atoms with E-state index in [-0.39, 0.29) is 5.82 Å². The van der Waals surface area contributed by atoms with E-state index in [1.807, 2.05) is 6.26 Å². The Hall–Kier alpha value is -0.640. The van der Waals surface area contributed by atoms with Gasteiger partial charge in [-0.2, -0.15) is 0 Å². The molecule has 1 heterocycles. The van der Waals surface area contributed by atoms with E-state index in [0.29, 0.717) is 16.6 Å². The summed E-state index contributed by atoms with van der Waals surface area (Å²) in [5, 5.41) is 0.481. The van der Waals surface area contributed by atoms with Crippen LogP contribution < -0.4 is 0 Å². The van der Waals surface area contributed by atoms with Gasteiger partial charge in [0.15, 0.2) is 5.82 Å². The lowest BCUT2D eigenvalue weighted by atomic mass is 10.3. The minimum Gasteiger partial charge on any atom is -0.235 e. The quantitative estimate of drug-likeness (QED) is 0.539. The topological polar surface area (TPSA) is 25.8 Å². The lowest BCUT2D eigenvalue weighted by Crippen LogP contribution is -2.01. The minimum atomic E-state index is -0.267. The van der Waals surface area contributed by atoms with Crippen molar-refractivity contribution < 1.29 is 4.39 Å². The molecule has 0 bridgehead atoms. The van der Waals surface area contributed by atoms with E-state index in [1.54, 1.807) is 6.92 Å². The molecule has 0 aliphatic heterocycles. The summed E-state index contributed by atoms with van der Waals surface area (Å²) in [7, 11) is 0. The van der Waals surface area contributed by atoms with Gasteiger partial charge in [-0.05, 0) is 26.0 Å². The maximum absolute atomic E-state index is 13.3. The van der Waals surface area contributed by atoms with Gasteiger partial charge in [0.05, 0.1) is 5.69 Å². The van der Waals surface area contributed by atoms with Crippen LogP contribution in [0.5, 0.6) is 0 Å². The highest BCUT2D eigenvalue weighted by Gasteiger charge is 2.28. The molecule has 1 fully saturated rings. The summed E-state index contributed by atoms with van der Waals surface area (Å²) in [6, 6.07) is 0. The van der Waals surface area contributed by atoms with Gasteiger partial charge >= 0.3 is 0 Å². The van der Waals surface area contributed by atoms with Crippen molar-refractivity contribution in [2.75, 3.05) is 6.26 Å². The van der Waals surface area contributed by atoms with Crippen LogP contribution in [0.15, 0.2) is 5.03 Å². The first-order valence-electron chi connectivity index (χ1n) is 4.30. The average Bonchev–Trinajstić information content (AvgIpc) is 2.92. The monoisotopic (exact) mass is 198 g/mol. The summed E-state index contributed by atoms with van der Waals surface area (Å²) < 4.78 is 13.3. The molecule has 2 rings (SSSR count). The predicted molar refractivity (Wildman–Crippen MR) is 50.5 cm³/mol. The molecule has 0 spiro atoms. The van der Waals surface area contributed by atoms with Gasteiger partial charge in [0.1, 0.15) is 10.9 Å². The molecule has 0 unspecified atom stereocenters. The van der Waals surface area contributed by atoms with Crippen LogP contribution >= 0.6 is 11.8 Å². The van der Waals surface area contributed by atoms with Crippen molar-refractivity contribution in [2.24, 2.45) is 0 Å². The van der Waals surface area contributed by atoms with E-state index in [1.165, 1.54) is 11.8 Å². The summed E-state index contributed by atoms with van der Waals surface area (Å²) in [5.74, 6) is 1.05. The first kappa shape index (κ1) is 8.94. The summed E-state index contributed by atoms with van der Waals surface area (Å²) in [5.41, 5.74) is 0.473. The fourth-order valence-electron chi connectivity index (χ4n) is 1.21. The van der Waals surface area contributed by atoms with Crippen molar-refractivity contribution in [3.05, 3.63) is 17.3 Å². The van der Waals surface area contributed by atoms with Crippen molar-refractivity contribution >= 4 is 11.8 Å². The molecule has 0 N–H and O–H groups in total. The molecule has 0 aromatic carbocycles. The second kappa shape index (κ2) is 3.25. The zero-order valence-corrected chi connectivity index (χ0v) is 8.49. The van der Waals surface area contributed by atoms with Gasteiger partial charge < -0.3 is 0 Å². The molecule has 1 aliphatic carbocycles. The first-order valence-corrected chi connectivity index (χ1v) is 5.53. The Bertz CT molecular complexity index is 337. The summed E-state index contributed by atoms with van der Waals surface area (Å²) in [6.45, 7) is 1.70. The number of aryl methyl sites for hydroxylation is 1. The molecule has 4 heteroatoms. The zero-order chi connectivity index (χ0) is 9.42. The van der Waals surface area contributed by atoms with Crippen molar-refractivity contribution in [1.82, 2.24) is 9.97 Å². The first-order chi connectivity index (χ1) is 6.22. The Balaban J connectivity index is 2.43. The molecular weight excluding hydrogens is 187 g/mol. The number of nitrogens with zero attached hydrogens (tertiary/aromatic N) is 2. The highest BCUT2D eigenvalue weighted by atomic mass is 32.2. The molecule has 1 aromatic rings. The van der Waals surface area contributed by atoms with Crippen molar-refractivity contribution in [1.29, 1.82) is 0 Å². The molecule has 0 radical (unpaired) electrons.